The summed E-state index contributed by atoms with van der Waals surface area (Å²) in [5.74, 6) is 0. The van der Waals surface area contributed by atoms with Crippen LogP contribution in [0.4, 0.5) is 0 Å². The highest BCUT2D eigenvalue weighted by molar-refractivity contribution is 5.60. The molecule has 0 bridgehead atoms. The van der Waals surface area contributed by atoms with Crippen molar-refractivity contribution in [2.45, 2.75) is 0 Å². The van der Waals surface area contributed by atoms with Gasteiger partial charge in [0.1, 0.15) is 6.61 Å². The number of ether oxygens (including phenoxy) is 1. The fourth-order valence-corrected chi connectivity index (χ4v) is 0.851. The minimum absolute atomic E-state index is 0.474. The number of aliphatic imine (C=N–C) groups is 1. The van der Waals surface area contributed by atoms with E-state index in [-0.39, 0.29) is 0 Å². The van der Waals surface area contributed by atoms with Crippen LogP contribution in [0.3, 0.4) is 0 Å². The molecular formula is C7H7N3O. The van der Waals surface area contributed by atoms with Crippen LogP contribution in [0.5, 0.6) is 6.01 Å². The van der Waals surface area contributed by atoms with Crippen molar-refractivity contribution in [3.63, 3.8) is 0 Å². The van der Waals surface area contributed by atoms with Crippen LogP contribution in [0.25, 0.3) is 6.20 Å². The van der Waals surface area contributed by atoms with E-state index in [9.17, 15) is 0 Å². The molecule has 0 fully saturated rings. The van der Waals surface area contributed by atoms with Crippen LogP contribution in [0, 0.1) is 0 Å². The van der Waals surface area contributed by atoms with E-state index in [1.165, 1.54) is 0 Å². The van der Waals surface area contributed by atoms with Crippen molar-refractivity contribution in [1.82, 2.24) is 9.55 Å². The molecule has 1 aliphatic rings. The Labute approximate surface area is 63.8 Å². The van der Waals surface area contributed by atoms with E-state index in [1.54, 1.807) is 29.4 Å². The molecule has 56 valence electrons. The Hall–Kier alpha value is -1.58. The third kappa shape index (κ3) is 1.14. The van der Waals surface area contributed by atoms with E-state index in [0.717, 1.165) is 0 Å². The lowest BCUT2D eigenvalue weighted by Gasteiger charge is -2.03. The molecule has 4 heteroatoms. The lowest BCUT2D eigenvalue weighted by atomic mass is 10.7. The largest absolute Gasteiger partial charge is 0.459 e. The number of hydrogen-bond acceptors (Lipinski definition) is 3. The van der Waals surface area contributed by atoms with Crippen molar-refractivity contribution in [2.24, 2.45) is 4.99 Å². The normalized spacial score (nSPS) is 17.8. The Morgan fingerprint density at radius 2 is 2.55 bits per heavy atom. The van der Waals surface area contributed by atoms with E-state index in [2.05, 4.69) is 9.98 Å². The Morgan fingerprint density at radius 3 is 3.55 bits per heavy atom. The minimum Gasteiger partial charge on any atom is -0.459 e. The lowest BCUT2D eigenvalue weighted by molar-refractivity contribution is 0.345. The Balaban J connectivity index is 2.39. The molecule has 0 aromatic carbocycles. The number of nitrogens with zero attached hydrogens (tertiary/aromatic N) is 3. The van der Waals surface area contributed by atoms with Gasteiger partial charge in [-0.05, 0) is 0 Å². The molecular weight excluding hydrogens is 142 g/mol. The highest BCUT2D eigenvalue weighted by Crippen LogP contribution is 2.08. The third-order valence-electron chi connectivity index (χ3n) is 1.34. The maximum atomic E-state index is 5.22. The Kier molecular flexibility index (Phi) is 1.44. The van der Waals surface area contributed by atoms with Crippen LogP contribution in [0.15, 0.2) is 23.6 Å². The molecule has 0 unspecified atom stereocenters. The van der Waals surface area contributed by atoms with Gasteiger partial charge in [-0.2, -0.15) is 0 Å². The van der Waals surface area contributed by atoms with Crippen molar-refractivity contribution in [1.29, 1.82) is 0 Å². The second-order valence-electron chi connectivity index (χ2n) is 2.06. The van der Waals surface area contributed by atoms with Gasteiger partial charge in [0.15, 0.2) is 0 Å². The highest BCUT2D eigenvalue weighted by atomic mass is 16.5. The van der Waals surface area contributed by atoms with Crippen molar-refractivity contribution < 1.29 is 4.74 Å². The summed E-state index contributed by atoms with van der Waals surface area (Å²) in [5, 5.41) is 0. The maximum Gasteiger partial charge on any atom is 0.300 e. The van der Waals surface area contributed by atoms with Gasteiger partial charge < -0.3 is 4.74 Å². The van der Waals surface area contributed by atoms with Gasteiger partial charge in [0.25, 0.3) is 0 Å². The first-order valence-electron chi connectivity index (χ1n) is 3.31. The van der Waals surface area contributed by atoms with Gasteiger partial charge in [-0.15, -0.1) is 0 Å². The first-order chi connectivity index (χ1) is 5.47. The number of aromatic nitrogens is 2. The van der Waals surface area contributed by atoms with Crippen molar-refractivity contribution >= 4 is 12.4 Å². The van der Waals surface area contributed by atoms with Crippen LogP contribution < -0.4 is 4.74 Å². The molecule has 0 saturated carbocycles. The minimum atomic E-state index is 0.474. The van der Waals surface area contributed by atoms with E-state index >= 15 is 0 Å². The fourth-order valence-electron chi connectivity index (χ4n) is 0.851. The van der Waals surface area contributed by atoms with Crippen LogP contribution in [0.1, 0.15) is 0 Å². The number of rotatable bonds is 0. The van der Waals surface area contributed by atoms with E-state index in [1.807, 2.05) is 6.20 Å². The maximum absolute atomic E-state index is 5.22. The zero-order valence-corrected chi connectivity index (χ0v) is 5.84. The molecule has 1 aromatic heterocycles. The summed E-state index contributed by atoms with van der Waals surface area (Å²) in [6, 6.07) is 0.604. The molecule has 4 nitrogen and oxygen atoms in total. The number of hydrogen-bond donors (Lipinski definition) is 0. The molecule has 1 aliphatic heterocycles. The number of fused-ring (bicyclic) bond motifs is 1. The molecule has 0 atom stereocenters. The smallest absolute Gasteiger partial charge is 0.300 e. The zero-order valence-electron chi connectivity index (χ0n) is 5.84. The van der Waals surface area contributed by atoms with Gasteiger partial charge in [0, 0.05) is 31.0 Å². The highest BCUT2D eigenvalue weighted by Gasteiger charge is 1.99. The average Bonchev–Trinajstić information content (AvgIpc) is 2.35. The van der Waals surface area contributed by atoms with E-state index in [0.29, 0.717) is 12.6 Å². The molecule has 0 amide bonds. The summed E-state index contributed by atoms with van der Waals surface area (Å²) in [6.07, 6.45) is 8.68. The second kappa shape index (κ2) is 2.57. The summed E-state index contributed by atoms with van der Waals surface area (Å²) >= 11 is 0. The summed E-state index contributed by atoms with van der Waals surface area (Å²) in [6.45, 7) is 0.474. The van der Waals surface area contributed by atoms with Gasteiger partial charge in [0.05, 0.1) is 0 Å². The average molecular weight is 149 g/mol. The SMILES string of the molecule is C1=N/C=C\n2ccnc2OC1. The number of imidazole rings is 1. The van der Waals surface area contributed by atoms with E-state index < -0.39 is 0 Å². The first-order valence-corrected chi connectivity index (χ1v) is 3.31. The molecule has 0 saturated heterocycles. The van der Waals surface area contributed by atoms with Crippen LogP contribution >= 0.6 is 0 Å². The van der Waals surface area contributed by atoms with Gasteiger partial charge in [-0.3, -0.25) is 9.56 Å². The third-order valence-corrected chi connectivity index (χ3v) is 1.34. The molecule has 0 spiro atoms. The molecule has 11 heavy (non-hydrogen) atoms. The standard InChI is InChI=1S/C7H7N3O/c1-4-10-5-2-9-7(10)11-6-3-8-1/h1-5H,6H2/b4-1-,8-3?. The quantitative estimate of drug-likeness (QED) is 0.546. The van der Waals surface area contributed by atoms with Crippen molar-refractivity contribution in [3.8, 4) is 6.01 Å². The summed E-state index contributed by atoms with van der Waals surface area (Å²) in [4.78, 5) is 7.92. The Bertz CT molecular complexity index is 300. The predicted octanol–water partition coefficient (Wildman–Crippen LogP) is 0.774. The summed E-state index contributed by atoms with van der Waals surface area (Å²) in [5.41, 5.74) is 0. The van der Waals surface area contributed by atoms with E-state index in [4.69, 9.17) is 4.74 Å². The fraction of sp³-hybridized carbons (Fsp3) is 0.143. The molecule has 2 heterocycles. The Morgan fingerprint density at radius 1 is 1.55 bits per heavy atom. The summed E-state index contributed by atoms with van der Waals surface area (Å²) < 4.78 is 6.99. The molecule has 2 rings (SSSR count). The van der Waals surface area contributed by atoms with Crippen LogP contribution in [-0.4, -0.2) is 22.4 Å². The van der Waals surface area contributed by atoms with Gasteiger partial charge in [0.2, 0.25) is 0 Å². The lowest BCUT2D eigenvalue weighted by Crippen LogP contribution is -2.03. The molecule has 1 aromatic rings. The van der Waals surface area contributed by atoms with Crippen LogP contribution in [0.2, 0.25) is 0 Å². The molecule has 0 aliphatic carbocycles. The zero-order chi connectivity index (χ0) is 7.52. The molecule has 0 N–H and O–H groups in total. The summed E-state index contributed by atoms with van der Waals surface area (Å²) in [7, 11) is 0. The van der Waals surface area contributed by atoms with Gasteiger partial charge in [-0.25, -0.2) is 4.98 Å². The second-order valence-corrected chi connectivity index (χ2v) is 2.06. The topological polar surface area (TPSA) is 39.4 Å². The van der Waals surface area contributed by atoms with Gasteiger partial charge >= 0.3 is 6.01 Å². The van der Waals surface area contributed by atoms with Gasteiger partial charge in [-0.1, -0.05) is 0 Å². The molecule has 0 radical (unpaired) electrons. The predicted molar refractivity (Wildman–Crippen MR) is 41.5 cm³/mol. The monoisotopic (exact) mass is 149 g/mol. The first kappa shape index (κ1) is 6.15. The van der Waals surface area contributed by atoms with Crippen molar-refractivity contribution in [3.05, 3.63) is 18.6 Å². The van der Waals surface area contributed by atoms with Crippen LogP contribution in [-0.2, 0) is 0 Å². The van der Waals surface area contributed by atoms with Crippen molar-refractivity contribution in [2.75, 3.05) is 6.61 Å².